The third-order valence-corrected chi connectivity index (χ3v) is 6.34. The van der Waals surface area contributed by atoms with Crippen LogP contribution in [0.25, 0.3) is 0 Å². The van der Waals surface area contributed by atoms with Gasteiger partial charge in [0.2, 0.25) is 10.0 Å². The van der Waals surface area contributed by atoms with E-state index in [-0.39, 0.29) is 17.8 Å². The van der Waals surface area contributed by atoms with E-state index in [1.165, 1.54) is 0 Å². The lowest BCUT2D eigenvalue weighted by Crippen LogP contribution is -2.40. The van der Waals surface area contributed by atoms with Crippen molar-refractivity contribution in [1.82, 2.24) is 4.31 Å². The molecule has 3 nitrogen and oxygen atoms in total. The second-order valence-corrected chi connectivity index (χ2v) is 7.67. The van der Waals surface area contributed by atoms with Crippen molar-refractivity contribution in [3.05, 3.63) is 35.4 Å². The molecular weight excluding hydrogens is 294 g/mol. The van der Waals surface area contributed by atoms with Gasteiger partial charge in [0.1, 0.15) is 0 Å². The zero-order valence-corrected chi connectivity index (χ0v) is 13.6. The van der Waals surface area contributed by atoms with Crippen LogP contribution in [0.1, 0.15) is 44.2 Å². The zero-order chi connectivity index (χ0) is 14.8. The first-order valence-electron chi connectivity index (χ1n) is 7.13. The number of benzene rings is 1. The lowest BCUT2D eigenvalue weighted by molar-refractivity contribution is 0.328. The fourth-order valence-corrected chi connectivity index (χ4v) is 5.25. The molecule has 5 heteroatoms. The lowest BCUT2D eigenvalue weighted by atomic mass is 10.2. The van der Waals surface area contributed by atoms with E-state index in [2.05, 4.69) is 6.92 Å². The molecular formula is C15H22ClNO2S. The first-order chi connectivity index (χ1) is 9.47. The van der Waals surface area contributed by atoms with Gasteiger partial charge >= 0.3 is 0 Å². The Morgan fingerprint density at radius 3 is 2.35 bits per heavy atom. The molecule has 112 valence electrons. The Hall–Kier alpha value is -0.580. The summed E-state index contributed by atoms with van der Waals surface area (Å²) in [5, 5.41) is 0. The van der Waals surface area contributed by atoms with Crippen LogP contribution in [0.3, 0.4) is 0 Å². The second-order valence-electron chi connectivity index (χ2n) is 5.52. The molecule has 2 atom stereocenters. The number of nitrogens with zero attached hydrogens (tertiary/aromatic N) is 1. The highest BCUT2D eigenvalue weighted by atomic mass is 35.5. The smallest absolute Gasteiger partial charge is 0.212 e. The molecule has 1 heterocycles. The van der Waals surface area contributed by atoms with Gasteiger partial charge in [-0.05, 0) is 37.3 Å². The van der Waals surface area contributed by atoms with E-state index >= 15 is 0 Å². The van der Waals surface area contributed by atoms with E-state index in [0.29, 0.717) is 5.88 Å². The number of hydrogen-bond donors (Lipinski definition) is 0. The lowest BCUT2D eigenvalue weighted by Gasteiger charge is -2.27. The Labute approximate surface area is 127 Å². The molecule has 0 aliphatic carbocycles. The molecule has 0 aromatic heterocycles. The highest BCUT2D eigenvalue weighted by Crippen LogP contribution is 2.30. The van der Waals surface area contributed by atoms with Crippen molar-refractivity contribution in [3.63, 3.8) is 0 Å². The molecule has 0 spiro atoms. The van der Waals surface area contributed by atoms with Crippen LogP contribution in [-0.2, 0) is 21.7 Å². The van der Waals surface area contributed by atoms with Crippen LogP contribution in [0.5, 0.6) is 0 Å². The Morgan fingerprint density at radius 1 is 1.20 bits per heavy atom. The molecule has 1 aliphatic heterocycles. The molecule has 0 amide bonds. The largest absolute Gasteiger partial charge is 0.218 e. The summed E-state index contributed by atoms with van der Waals surface area (Å²) >= 11 is 5.75. The summed E-state index contributed by atoms with van der Waals surface area (Å²) in [6.45, 7) is 4.06. The maximum absolute atomic E-state index is 12.6. The average molecular weight is 316 g/mol. The summed E-state index contributed by atoms with van der Waals surface area (Å²) in [5.74, 6) is 0.532. The van der Waals surface area contributed by atoms with Crippen molar-refractivity contribution in [2.45, 2.75) is 56.8 Å². The molecule has 1 aliphatic rings. The molecule has 1 saturated heterocycles. The summed E-state index contributed by atoms with van der Waals surface area (Å²) in [7, 11) is -3.24. The number of hydrogen-bond acceptors (Lipinski definition) is 2. The van der Waals surface area contributed by atoms with Crippen LogP contribution in [0.4, 0.5) is 0 Å². The third kappa shape index (κ3) is 3.35. The Bertz CT molecular complexity index is 541. The Balaban J connectivity index is 2.17. The van der Waals surface area contributed by atoms with E-state index in [0.717, 1.165) is 30.4 Å². The Morgan fingerprint density at radius 2 is 1.80 bits per heavy atom. The van der Waals surface area contributed by atoms with Gasteiger partial charge in [-0.3, -0.25) is 0 Å². The maximum atomic E-state index is 12.6. The highest BCUT2D eigenvalue weighted by Gasteiger charge is 2.37. The van der Waals surface area contributed by atoms with Crippen LogP contribution in [-0.4, -0.2) is 24.8 Å². The molecule has 1 aromatic rings. The fraction of sp³-hybridized carbons (Fsp3) is 0.600. The van der Waals surface area contributed by atoms with Gasteiger partial charge in [0.15, 0.2) is 0 Å². The van der Waals surface area contributed by atoms with E-state index in [1.54, 1.807) is 4.31 Å². The fourth-order valence-electron chi connectivity index (χ4n) is 2.94. The molecule has 0 radical (unpaired) electrons. The Kier molecular flexibility index (Phi) is 5.10. The first kappa shape index (κ1) is 15.8. The van der Waals surface area contributed by atoms with Gasteiger partial charge in [-0.15, -0.1) is 11.6 Å². The van der Waals surface area contributed by atoms with Crippen molar-refractivity contribution in [2.75, 3.05) is 0 Å². The van der Waals surface area contributed by atoms with Crippen molar-refractivity contribution in [1.29, 1.82) is 0 Å². The van der Waals surface area contributed by atoms with Gasteiger partial charge in [-0.25, -0.2) is 8.42 Å². The molecule has 0 N–H and O–H groups in total. The minimum Gasteiger partial charge on any atom is -0.212 e. The molecule has 2 rings (SSSR count). The summed E-state index contributed by atoms with van der Waals surface area (Å²) in [4.78, 5) is 0. The van der Waals surface area contributed by atoms with E-state index < -0.39 is 10.0 Å². The van der Waals surface area contributed by atoms with Gasteiger partial charge < -0.3 is 0 Å². The number of alkyl halides is 1. The molecule has 20 heavy (non-hydrogen) atoms. The number of rotatable bonds is 5. The van der Waals surface area contributed by atoms with Crippen molar-refractivity contribution in [3.8, 4) is 0 Å². The predicted molar refractivity (Wildman–Crippen MR) is 83.2 cm³/mol. The predicted octanol–water partition coefficient (Wildman–Crippen LogP) is 3.52. The van der Waals surface area contributed by atoms with Crippen LogP contribution in [0.15, 0.2) is 24.3 Å². The molecule has 0 bridgehead atoms. The quantitative estimate of drug-likeness (QED) is 0.780. The summed E-state index contributed by atoms with van der Waals surface area (Å²) in [6, 6.07) is 7.78. The number of halogens is 1. The summed E-state index contributed by atoms with van der Waals surface area (Å²) in [6.07, 6.45) is 2.82. The molecule has 2 unspecified atom stereocenters. The van der Waals surface area contributed by atoms with Crippen LogP contribution in [0.2, 0.25) is 0 Å². The number of sulfonamides is 1. The standard InChI is InChI=1S/C15H22ClNO2S/c1-3-15-9-4-12(2)17(15)20(18,19)11-14-7-5-13(10-16)6-8-14/h5-8,12,15H,3-4,9-11H2,1-2H3. The third-order valence-electron chi connectivity index (χ3n) is 4.03. The van der Waals surface area contributed by atoms with Gasteiger partial charge in [0.25, 0.3) is 0 Å². The van der Waals surface area contributed by atoms with Gasteiger partial charge in [0.05, 0.1) is 5.75 Å². The first-order valence-corrected chi connectivity index (χ1v) is 9.27. The average Bonchev–Trinajstić information content (AvgIpc) is 2.81. The SMILES string of the molecule is CCC1CCC(C)N1S(=O)(=O)Cc1ccc(CCl)cc1. The monoisotopic (exact) mass is 315 g/mol. The van der Waals surface area contributed by atoms with E-state index in [1.807, 2.05) is 31.2 Å². The van der Waals surface area contributed by atoms with Gasteiger partial charge in [-0.2, -0.15) is 4.31 Å². The molecule has 1 fully saturated rings. The van der Waals surface area contributed by atoms with Crippen LogP contribution < -0.4 is 0 Å². The van der Waals surface area contributed by atoms with E-state index in [4.69, 9.17) is 11.6 Å². The summed E-state index contributed by atoms with van der Waals surface area (Å²) < 4.78 is 27.0. The maximum Gasteiger partial charge on any atom is 0.218 e. The van der Waals surface area contributed by atoms with Gasteiger partial charge in [0, 0.05) is 18.0 Å². The van der Waals surface area contributed by atoms with Gasteiger partial charge in [-0.1, -0.05) is 31.2 Å². The van der Waals surface area contributed by atoms with Crippen molar-refractivity contribution in [2.24, 2.45) is 0 Å². The van der Waals surface area contributed by atoms with Crippen molar-refractivity contribution < 1.29 is 8.42 Å². The minimum absolute atomic E-state index is 0.0798. The highest BCUT2D eigenvalue weighted by molar-refractivity contribution is 7.88. The topological polar surface area (TPSA) is 37.4 Å². The molecule has 1 aromatic carbocycles. The molecule has 0 saturated carbocycles. The van der Waals surface area contributed by atoms with Crippen LogP contribution >= 0.6 is 11.6 Å². The van der Waals surface area contributed by atoms with E-state index in [9.17, 15) is 8.42 Å². The second kappa shape index (κ2) is 6.46. The van der Waals surface area contributed by atoms with Crippen molar-refractivity contribution >= 4 is 21.6 Å². The minimum atomic E-state index is -3.24. The van der Waals surface area contributed by atoms with Crippen LogP contribution in [0, 0.1) is 0 Å². The normalized spacial score (nSPS) is 24.1. The zero-order valence-electron chi connectivity index (χ0n) is 12.0. The summed E-state index contributed by atoms with van der Waals surface area (Å²) in [5.41, 5.74) is 1.83.